The largest absolute Gasteiger partial charge is 0.397 e. The lowest BCUT2D eigenvalue weighted by molar-refractivity contribution is 0.100. The number of aryl methyl sites for hydroxylation is 1. The maximum atomic E-state index is 11.1. The number of amides is 1. The van der Waals surface area contributed by atoms with Crippen LogP contribution in [-0.2, 0) is 6.54 Å². The number of carbonyl (C=O) groups is 1. The summed E-state index contributed by atoms with van der Waals surface area (Å²) in [6.45, 7) is 2.58. The summed E-state index contributed by atoms with van der Waals surface area (Å²) in [5, 5.41) is 3.19. The molecule has 18 heavy (non-hydrogen) atoms. The van der Waals surface area contributed by atoms with E-state index < -0.39 is 5.91 Å². The van der Waals surface area contributed by atoms with Crippen LogP contribution >= 0.6 is 11.3 Å². The van der Waals surface area contributed by atoms with Crippen LogP contribution < -0.4 is 16.8 Å². The summed E-state index contributed by atoms with van der Waals surface area (Å²) in [5.41, 5.74) is 15.6. The Morgan fingerprint density at radius 3 is 2.89 bits per heavy atom. The number of nitrogens with two attached hydrogens (primary N) is 2. The molecule has 94 valence electrons. The minimum absolute atomic E-state index is 0.438. The molecule has 0 saturated carbocycles. The molecule has 6 heteroatoms. The molecular formula is C12H14N4OS. The van der Waals surface area contributed by atoms with E-state index in [4.69, 9.17) is 11.5 Å². The van der Waals surface area contributed by atoms with Gasteiger partial charge in [-0.3, -0.25) is 4.79 Å². The lowest BCUT2D eigenvalue weighted by atomic mass is 10.1. The Morgan fingerprint density at radius 1 is 1.50 bits per heavy atom. The highest BCUT2D eigenvalue weighted by Crippen LogP contribution is 2.22. The Hall–Kier alpha value is -2.08. The van der Waals surface area contributed by atoms with Gasteiger partial charge < -0.3 is 16.8 Å². The van der Waals surface area contributed by atoms with Gasteiger partial charge in [-0.15, -0.1) is 11.3 Å². The first kappa shape index (κ1) is 12.4. The van der Waals surface area contributed by atoms with Crippen LogP contribution in [0.15, 0.2) is 23.7 Å². The number of anilines is 2. The molecule has 1 heterocycles. The van der Waals surface area contributed by atoms with Gasteiger partial charge in [0.05, 0.1) is 29.1 Å². The third-order valence-electron chi connectivity index (χ3n) is 2.62. The van der Waals surface area contributed by atoms with E-state index >= 15 is 0 Å². The van der Waals surface area contributed by atoms with Crippen LogP contribution in [0.4, 0.5) is 11.4 Å². The third kappa shape index (κ3) is 2.60. The highest BCUT2D eigenvalue weighted by atomic mass is 32.1. The number of primary amides is 1. The fraction of sp³-hybridized carbons (Fsp3) is 0.167. The van der Waals surface area contributed by atoms with E-state index in [2.05, 4.69) is 10.3 Å². The minimum Gasteiger partial charge on any atom is -0.397 e. The van der Waals surface area contributed by atoms with Gasteiger partial charge in [0.2, 0.25) is 5.91 Å². The molecule has 0 bridgehead atoms. The lowest BCUT2D eigenvalue weighted by Crippen LogP contribution is -2.12. The second kappa shape index (κ2) is 5.05. The zero-order chi connectivity index (χ0) is 13.1. The summed E-state index contributed by atoms with van der Waals surface area (Å²) in [5.74, 6) is -0.466. The van der Waals surface area contributed by atoms with E-state index in [-0.39, 0.29) is 0 Å². The van der Waals surface area contributed by atoms with Crippen molar-refractivity contribution in [1.82, 2.24) is 4.98 Å². The fourth-order valence-electron chi connectivity index (χ4n) is 1.53. The predicted molar refractivity (Wildman–Crippen MR) is 73.6 cm³/mol. The first-order valence-corrected chi connectivity index (χ1v) is 6.28. The standard InChI is InChI=1S/C12H14N4OS/c1-7-11(18-6-16-7)5-15-10-4-8(12(14)17)2-3-9(10)13/h2-4,6,15H,5,13H2,1H3,(H2,14,17). The SMILES string of the molecule is Cc1ncsc1CNc1cc(C(N)=O)ccc1N. The molecule has 1 aromatic carbocycles. The Balaban J connectivity index is 2.16. The number of nitrogen functional groups attached to an aromatic ring is 1. The van der Waals surface area contributed by atoms with E-state index in [1.54, 1.807) is 35.0 Å². The zero-order valence-electron chi connectivity index (χ0n) is 9.93. The third-order valence-corrected chi connectivity index (χ3v) is 3.56. The Labute approximate surface area is 109 Å². The van der Waals surface area contributed by atoms with E-state index in [0.29, 0.717) is 23.5 Å². The van der Waals surface area contributed by atoms with Crippen LogP contribution in [0.5, 0.6) is 0 Å². The van der Waals surface area contributed by atoms with Gasteiger partial charge >= 0.3 is 0 Å². The Morgan fingerprint density at radius 2 is 2.28 bits per heavy atom. The first-order chi connectivity index (χ1) is 8.58. The molecule has 0 atom stereocenters. The number of aromatic nitrogens is 1. The zero-order valence-corrected chi connectivity index (χ0v) is 10.8. The lowest BCUT2D eigenvalue weighted by Gasteiger charge is -2.09. The van der Waals surface area contributed by atoms with Crippen molar-refractivity contribution >= 4 is 28.6 Å². The normalized spacial score (nSPS) is 10.3. The van der Waals surface area contributed by atoms with E-state index in [1.165, 1.54) is 0 Å². The van der Waals surface area contributed by atoms with Crippen molar-refractivity contribution in [3.8, 4) is 0 Å². The van der Waals surface area contributed by atoms with Crippen LogP contribution in [0.2, 0.25) is 0 Å². The molecule has 5 N–H and O–H groups in total. The second-order valence-electron chi connectivity index (χ2n) is 3.88. The molecule has 0 spiro atoms. The van der Waals surface area contributed by atoms with Crippen LogP contribution in [0.25, 0.3) is 0 Å². The maximum Gasteiger partial charge on any atom is 0.248 e. The number of rotatable bonds is 4. The number of hydrogen-bond donors (Lipinski definition) is 3. The van der Waals surface area contributed by atoms with Gasteiger partial charge in [0.25, 0.3) is 0 Å². The average molecular weight is 262 g/mol. The number of benzene rings is 1. The van der Waals surface area contributed by atoms with Crippen molar-refractivity contribution in [2.24, 2.45) is 5.73 Å². The number of carbonyl (C=O) groups excluding carboxylic acids is 1. The number of thiazole rings is 1. The molecule has 0 unspecified atom stereocenters. The summed E-state index contributed by atoms with van der Waals surface area (Å²) in [6.07, 6.45) is 0. The summed E-state index contributed by atoms with van der Waals surface area (Å²) >= 11 is 1.58. The van der Waals surface area contributed by atoms with E-state index in [1.807, 2.05) is 6.92 Å². The predicted octanol–water partition coefficient (Wildman–Crippen LogP) is 1.74. The highest BCUT2D eigenvalue weighted by Gasteiger charge is 2.06. The van der Waals surface area contributed by atoms with Gasteiger partial charge in [0, 0.05) is 10.4 Å². The van der Waals surface area contributed by atoms with Gasteiger partial charge in [-0.25, -0.2) is 4.98 Å². The van der Waals surface area contributed by atoms with Gasteiger partial charge in [-0.05, 0) is 25.1 Å². The van der Waals surface area contributed by atoms with Gasteiger partial charge in [0.15, 0.2) is 0 Å². The minimum atomic E-state index is -0.466. The van der Waals surface area contributed by atoms with Crippen molar-refractivity contribution in [2.75, 3.05) is 11.1 Å². The second-order valence-corrected chi connectivity index (χ2v) is 4.82. The van der Waals surface area contributed by atoms with E-state index in [0.717, 1.165) is 10.6 Å². The van der Waals surface area contributed by atoms with Crippen molar-refractivity contribution < 1.29 is 4.79 Å². The van der Waals surface area contributed by atoms with E-state index in [9.17, 15) is 4.79 Å². The molecule has 5 nitrogen and oxygen atoms in total. The molecule has 2 rings (SSSR count). The molecule has 1 amide bonds. The molecule has 0 aliphatic heterocycles. The Bertz CT molecular complexity index is 579. The number of nitrogens with one attached hydrogen (secondary N) is 1. The molecule has 0 fully saturated rings. The van der Waals surface area contributed by atoms with Gasteiger partial charge in [-0.1, -0.05) is 0 Å². The van der Waals surface area contributed by atoms with Gasteiger partial charge in [-0.2, -0.15) is 0 Å². The molecule has 0 radical (unpaired) electrons. The van der Waals surface area contributed by atoms with Crippen LogP contribution in [0, 0.1) is 6.92 Å². The Kier molecular flexibility index (Phi) is 3.47. The number of hydrogen-bond acceptors (Lipinski definition) is 5. The van der Waals surface area contributed by atoms with Gasteiger partial charge in [0.1, 0.15) is 0 Å². The maximum absolute atomic E-state index is 11.1. The molecule has 1 aromatic heterocycles. The highest BCUT2D eigenvalue weighted by molar-refractivity contribution is 7.09. The first-order valence-electron chi connectivity index (χ1n) is 5.40. The summed E-state index contributed by atoms with van der Waals surface area (Å²) in [4.78, 5) is 16.4. The fourth-order valence-corrected chi connectivity index (χ4v) is 2.25. The topological polar surface area (TPSA) is 94.0 Å². The average Bonchev–Trinajstić information content (AvgIpc) is 2.73. The summed E-state index contributed by atoms with van der Waals surface area (Å²) in [6, 6.07) is 4.94. The monoisotopic (exact) mass is 262 g/mol. The smallest absolute Gasteiger partial charge is 0.248 e. The van der Waals surface area contributed by atoms with Crippen LogP contribution in [0.3, 0.4) is 0 Å². The molecule has 0 saturated heterocycles. The van der Waals surface area contributed by atoms with Crippen LogP contribution in [-0.4, -0.2) is 10.9 Å². The van der Waals surface area contributed by atoms with Crippen LogP contribution in [0.1, 0.15) is 20.9 Å². The molecular weight excluding hydrogens is 248 g/mol. The molecule has 0 aliphatic rings. The summed E-state index contributed by atoms with van der Waals surface area (Å²) in [7, 11) is 0. The number of nitrogens with zero attached hydrogens (tertiary/aromatic N) is 1. The van der Waals surface area contributed by atoms with Crippen molar-refractivity contribution in [3.05, 3.63) is 39.8 Å². The molecule has 2 aromatic rings. The summed E-state index contributed by atoms with van der Waals surface area (Å²) < 4.78 is 0. The molecule has 0 aliphatic carbocycles. The van der Waals surface area contributed by atoms with Crippen molar-refractivity contribution in [1.29, 1.82) is 0 Å². The van der Waals surface area contributed by atoms with Crippen molar-refractivity contribution in [2.45, 2.75) is 13.5 Å². The quantitative estimate of drug-likeness (QED) is 0.731. The van der Waals surface area contributed by atoms with Crippen molar-refractivity contribution in [3.63, 3.8) is 0 Å².